The van der Waals surface area contributed by atoms with Gasteiger partial charge in [0.1, 0.15) is 6.54 Å². The van der Waals surface area contributed by atoms with Crippen LogP contribution in [-0.2, 0) is 0 Å². The van der Waals surface area contributed by atoms with E-state index in [2.05, 4.69) is 15.3 Å². The van der Waals surface area contributed by atoms with Gasteiger partial charge in [-0.15, -0.1) is 10.2 Å². The van der Waals surface area contributed by atoms with Crippen LogP contribution in [0.1, 0.15) is 21.9 Å². The van der Waals surface area contributed by atoms with Gasteiger partial charge in [0.15, 0.2) is 11.5 Å². The number of alkyl halides is 3. The number of hydrogen-bond acceptors (Lipinski definition) is 4. The Labute approximate surface area is 118 Å². The Balaban J connectivity index is 2.12. The Morgan fingerprint density at radius 3 is 2.48 bits per heavy atom. The van der Waals surface area contributed by atoms with Gasteiger partial charge in [-0.05, 0) is 32.0 Å². The molecular weight excluding hydrogens is 287 g/mol. The average molecular weight is 299 g/mol. The first-order chi connectivity index (χ1) is 9.76. The van der Waals surface area contributed by atoms with E-state index < -0.39 is 18.6 Å². The van der Waals surface area contributed by atoms with Gasteiger partial charge in [0, 0.05) is 5.69 Å². The van der Waals surface area contributed by atoms with Crippen LogP contribution in [0.25, 0.3) is 5.82 Å². The largest absolute Gasteiger partial charge is 0.405 e. The number of amides is 1. The topological polar surface area (TPSA) is 72.7 Å². The minimum atomic E-state index is -4.47. The van der Waals surface area contributed by atoms with E-state index in [0.29, 0.717) is 5.82 Å². The normalized spacial score (nSPS) is 11.5. The van der Waals surface area contributed by atoms with Crippen molar-refractivity contribution in [1.29, 1.82) is 0 Å². The predicted molar refractivity (Wildman–Crippen MR) is 67.0 cm³/mol. The molecule has 0 aliphatic carbocycles. The number of carbonyl (C=O) groups is 1. The van der Waals surface area contributed by atoms with Crippen LogP contribution in [0.5, 0.6) is 0 Å². The van der Waals surface area contributed by atoms with Gasteiger partial charge in [-0.2, -0.15) is 18.3 Å². The van der Waals surface area contributed by atoms with Crippen molar-refractivity contribution in [3.05, 3.63) is 35.3 Å². The van der Waals surface area contributed by atoms with Crippen molar-refractivity contribution in [3.63, 3.8) is 0 Å². The maximum atomic E-state index is 12.0. The first-order valence-electron chi connectivity index (χ1n) is 5.98. The average Bonchev–Trinajstić information content (AvgIpc) is 2.74. The Bertz CT molecular complexity index is 648. The molecule has 2 aromatic heterocycles. The SMILES string of the molecule is Cc1cc(C)n(-c2ccc(C(=O)NCC(F)(F)F)nn2)n1. The minimum absolute atomic E-state index is 0.190. The van der Waals surface area contributed by atoms with Crippen molar-refractivity contribution in [2.75, 3.05) is 6.54 Å². The van der Waals surface area contributed by atoms with Crippen molar-refractivity contribution in [3.8, 4) is 5.82 Å². The van der Waals surface area contributed by atoms with Crippen molar-refractivity contribution >= 4 is 5.91 Å². The van der Waals surface area contributed by atoms with E-state index in [4.69, 9.17) is 0 Å². The molecule has 21 heavy (non-hydrogen) atoms. The summed E-state index contributed by atoms with van der Waals surface area (Å²) in [6, 6.07) is 4.60. The van der Waals surface area contributed by atoms with E-state index in [-0.39, 0.29) is 5.69 Å². The fraction of sp³-hybridized carbons (Fsp3) is 0.333. The number of hydrogen-bond donors (Lipinski definition) is 1. The monoisotopic (exact) mass is 299 g/mol. The molecule has 0 aliphatic heterocycles. The van der Waals surface area contributed by atoms with Crippen molar-refractivity contribution in [2.45, 2.75) is 20.0 Å². The standard InChI is InChI=1S/C12H12F3N5O/c1-7-5-8(2)20(19-7)10-4-3-9(17-18-10)11(21)16-6-12(13,14)15/h3-5H,6H2,1-2H3,(H,16,21). The van der Waals surface area contributed by atoms with Crippen LogP contribution in [0.15, 0.2) is 18.2 Å². The molecule has 0 saturated carbocycles. The minimum Gasteiger partial charge on any atom is -0.342 e. The first kappa shape index (κ1) is 14.9. The molecule has 0 bridgehead atoms. The van der Waals surface area contributed by atoms with Crippen molar-refractivity contribution < 1.29 is 18.0 Å². The third-order valence-corrected chi connectivity index (χ3v) is 2.56. The highest BCUT2D eigenvalue weighted by Crippen LogP contribution is 2.13. The predicted octanol–water partition coefficient (Wildman–Crippen LogP) is 1.57. The van der Waals surface area contributed by atoms with Gasteiger partial charge in [0.05, 0.1) is 5.69 Å². The first-order valence-corrected chi connectivity index (χ1v) is 5.98. The van der Waals surface area contributed by atoms with Crippen LogP contribution in [0.2, 0.25) is 0 Å². The zero-order valence-electron chi connectivity index (χ0n) is 11.3. The smallest absolute Gasteiger partial charge is 0.342 e. The Hall–Kier alpha value is -2.45. The summed E-state index contributed by atoms with van der Waals surface area (Å²) in [6.45, 7) is 2.23. The summed E-state index contributed by atoms with van der Waals surface area (Å²) >= 11 is 0. The second kappa shape index (κ2) is 5.51. The molecule has 0 aromatic carbocycles. The zero-order chi connectivity index (χ0) is 15.6. The van der Waals surface area contributed by atoms with Gasteiger partial charge in [-0.25, -0.2) is 4.68 Å². The second-order valence-corrected chi connectivity index (χ2v) is 4.41. The van der Waals surface area contributed by atoms with Crippen LogP contribution >= 0.6 is 0 Å². The summed E-state index contributed by atoms with van der Waals surface area (Å²) in [5, 5.41) is 13.3. The fourth-order valence-electron chi connectivity index (χ4n) is 1.69. The van der Waals surface area contributed by atoms with Crippen LogP contribution in [0.3, 0.4) is 0 Å². The molecular formula is C12H12F3N5O. The van der Waals surface area contributed by atoms with Crippen molar-refractivity contribution in [2.24, 2.45) is 0 Å². The Morgan fingerprint density at radius 1 is 1.29 bits per heavy atom. The molecule has 0 aliphatic rings. The summed E-state index contributed by atoms with van der Waals surface area (Å²) in [4.78, 5) is 11.5. The van der Waals surface area contributed by atoms with E-state index in [9.17, 15) is 18.0 Å². The summed E-state index contributed by atoms with van der Waals surface area (Å²) in [5.41, 5.74) is 1.43. The third-order valence-electron chi connectivity index (χ3n) is 2.56. The molecule has 0 radical (unpaired) electrons. The number of carbonyl (C=O) groups excluding carboxylic acids is 1. The van der Waals surface area contributed by atoms with Gasteiger partial charge in [-0.1, -0.05) is 0 Å². The zero-order valence-corrected chi connectivity index (χ0v) is 11.3. The lowest BCUT2D eigenvalue weighted by molar-refractivity contribution is -0.123. The second-order valence-electron chi connectivity index (χ2n) is 4.41. The van der Waals surface area contributed by atoms with Crippen LogP contribution in [-0.4, -0.2) is 38.6 Å². The summed E-state index contributed by atoms with van der Waals surface area (Å²) in [5.74, 6) is -0.548. The highest BCUT2D eigenvalue weighted by atomic mass is 19.4. The number of nitrogens with zero attached hydrogens (tertiary/aromatic N) is 4. The van der Waals surface area contributed by atoms with Crippen LogP contribution in [0, 0.1) is 13.8 Å². The molecule has 0 unspecified atom stereocenters. The van der Waals surface area contributed by atoms with E-state index in [1.165, 1.54) is 16.8 Å². The van der Waals surface area contributed by atoms with E-state index in [1.54, 1.807) is 5.32 Å². The summed E-state index contributed by atoms with van der Waals surface area (Å²) in [7, 11) is 0. The number of aromatic nitrogens is 4. The molecule has 112 valence electrons. The molecule has 2 aromatic rings. The summed E-state index contributed by atoms with van der Waals surface area (Å²) in [6.07, 6.45) is -4.47. The van der Waals surface area contributed by atoms with Crippen LogP contribution < -0.4 is 5.32 Å². The number of rotatable bonds is 3. The Kier molecular flexibility index (Phi) is 3.92. The lowest BCUT2D eigenvalue weighted by atomic mass is 10.3. The molecule has 1 amide bonds. The van der Waals surface area contributed by atoms with Crippen molar-refractivity contribution in [1.82, 2.24) is 25.3 Å². The van der Waals surface area contributed by atoms with Gasteiger partial charge < -0.3 is 5.32 Å². The Morgan fingerprint density at radius 2 is 2.00 bits per heavy atom. The third kappa shape index (κ3) is 3.77. The maximum Gasteiger partial charge on any atom is 0.405 e. The molecule has 0 fully saturated rings. The molecule has 6 nitrogen and oxygen atoms in total. The quantitative estimate of drug-likeness (QED) is 0.933. The molecule has 2 heterocycles. The molecule has 1 N–H and O–H groups in total. The van der Waals surface area contributed by atoms with Gasteiger partial charge in [0.25, 0.3) is 5.91 Å². The number of aryl methyl sites for hydroxylation is 2. The van der Waals surface area contributed by atoms with E-state index in [1.807, 2.05) is 19.9 Å². The lowest BCUT2D eigenvalue weighted by Crippen LogP contribution is -2.34. The van der Waals surface area contributed by atoms with Gasteiger partial charge in [0.2, 0.25) is 0 Å². The summed E-state index contributed by atoms with van der Waals surface area (Å²) < 4.78 is 37.5. The van der Waals surface area contributed by atoms with Crippen LogP contribution in [0.4, 0.5) is 13.2 Å². The van der Waals surface area contributed by atoms with E-state index >= 15 is 0 Å². The van der Waals surface area contributed by atoms with E-state index in [0.717, 1.165) is 11.4 Å². The maximum absolute atomic E-state index is 12.0. The highest BCUT2D eigenvalue weighted by molar-refractivity contribution is 5.92. The molecule has 2 rings (SSSR count). The molecule has 0 atom stereocenters. The van der Waals surface area contributed by atoms with Gasteiger partial charge >= 0.3 is 6.18 Å². The molecule has 9 heteroatoms. The fourth-order valence-corrected chi connectivity index (χ4v) is 1.69. The highest BCUT2D eigenvalue weighted by Gasteiger charge is 2.28. The lowest BCUT2D eigenvalue weighted by Gasteiger charge is -2.08. The molecule has 0 saturated heterocycles. The number of nitrogens with one attached hydrogen (secondary N) is 1. The van der Waals surface area contributed by atoms with Gasteiger partial charge in [-0.3, -0.25) is 4.79 Å². The number of halogens is 3. The molecule has 0 spiro atoms.